The van der Waals surface area contributed by atoms with Crippen molar-refractivity contribution in [2.24, 2.45) is 5.10 Å². The number of carbonyl (C=O) groups is 3. The zero-order valence-corrected chi connectivity index (χ0v) is 14.2. The molecular weight excluding hydrogens is 324 g/mol. The molecule has 3 amide bonds. The Labute approximate surface area is 146 Å². The third kappa shape index (κ3) is 5.91. The number of rotatable bonds is 6. The summed E-state index contributed by atoms with van der Waals surface area (Å²) >= 11 is 0. The molecule has 8 nitrogen and oxygen atoms in total. The summed E-state index contributed by atoms with van der Waals surface area (Å²) in [4.78, 5) is 36.4. The molecule has 1 aromatic rings. The third-order valence-electron chi connectivity index (χ3n) is 3.60. The second-order valence-electron chi connectivity index (χ2n) is 5.51. The highest BCUT2D eigenvalue weighted by Crippen LogP contribution is 2.13. The second-order valence-corrected chi connectivity index (χ2v) is 5.51. The molecule has 1 aliphatic heterocycles. The number of benzene rings is 1. The Hall–Kier alpha value is -2.90. The molecule has 1 saturated heterocycles. The molecular formula is C17H22N4O4. The average molecular weight is 346 g/mol. The van der Waals surface area contributed by atoms with Gasteiger partial charge in [-0.15, -0.1) is 0 Å². The lowest BCUT2D eigenvalue weighted by Gasteiger charge is -2.15. The van der Waals surface area contributed by atoms with E-state index in [0.29, 0.717) is 17.9 Å². The number of carbonyl (C=O) groups excluding carboxylic acids is 3. The standard InChI is InChI=1S/C17H22N4O4/c1-2-18-16(23)17(24)20-19-11-13-6-5-7-14(10-13)25-12-15(22)21-8-3-4-9-21/h5-7,10-11H,2-4,8-9,12H2,1H3,(H,18,23)(H,20,24)/b19-11-. The maximum atomic E-state index is 12.0. The first-order chi connectivity index (χ1) is 12.1. The molecule has 0 radical (unpaired) electrons. The summed E-state index contributed by atoms with van der Waals surface area (Å²) in [6.45, 7) is 3.66. The number of hydrogen-bond acceptors (Lipinski definition) is 5. The smallest absolute Gasteiger partial charge is 0.329 e. The number of likely N-dealkylation sites (tertiary alicyclic amines) is 1. The highest BCUT2D eigenvalue weighted by Gasteiger charge is 2.18. The molecule has 1 aliphatic rings. The van der Waals surface area contributed by atoms with Gasteiger partial charge in [-0.3, -0.25) is 14.4 Å². The summed E-state index contributed by atoms with van der Waals surface area (Å²) in [5.74, 6) is -1.06. The van der Waals surface area contributed by atoms with Crippen LogP contribution in [0.5, 0.6) is 5.75 Å². The first kappa shape index (κ1) is 18.4. The SMILES string of the molecule is CCNC(=O)C(=O)N/N=C\c1cccc(OCC(=O)N2CCCC2)c1. The van der Waals surface area contributed by atoms with Gasteiger partial charge in [0.2, 0.25) is 0 Å². The summed E-state index contributed by atoms with van der Waals surface area (Å²) in [5, 5.41) is 6.10. The predicted molar refractivity (Wildman–Crippen MR) is 92.2 cm³/mol. The highest BCUT2D eigenvalue weighted by atomic mass is 16.5. The van der Waals surface area contributed by atoms with Crippen LogP contribution in [0.4, 0.5) is 0 Å². The van der Waals surface area contributed by atoms with Crippen molar-refractivity contribution in [1.82, 2.24) is 15.6 Å². The zero-order valence-electron chi connectivity index (χ0n) is 14.2. The van der Waals surface area contributed by atoms with Gasteiger partial charge >= 0.3 is 11.8 Å². The molecule has 0 spiro atoms. The van der Waals surface area contributed by atoms with Crippen molar-refractivity contribution in [2.75, 3.05) is 26.2 Å². The number of likely N-dealkylation sites (N-methyl/N-ethyl adjacent to an activating group) is 1. The quantitative estimate of drug-likeness (QED) is 0.439. The highest BCUT2D eigenvalue weighted by molar-refractivity contribution is 6.35. The van der Waals surface area contributed by atoms with Gasteiger partial charge in [0.05, 0.1) is 6.21 Å². The van der Waals surface area contributed by atoms with Crippen molar-refractivity contribution < 1.29 is 19.1 Å². The van der Waals surface area contributed by atoms with Crippen LogP contribution >= 0.6 is 0 Å². The summed E-state index contributed by atoms with van der Waals surface area (Å²) in [6.07, 6.45) is 3.48. The van der Waals surface area contributed by atoms with Gasteiger partial charge in [0.15, 0.2) is 6.61 Å². The molecule has 134 valence electrons. The third-order valence-corrected chi connectivity index (χ3v) is 3.60. The molecule has 1 fully saturated rings. The second kappa shape index (κ2) is 9.41. The van der Waals surface area contributed by atoms with Crippen LogP contribution in [0.25, 0.3) is 0 Å². The fourth-order valence-corrected chi connectivity index (χ4v) is 2.34. The maximum absolute atomic E-state index is 12.0. The molecule has 1 heterocycles. The van der Waals surface area contributed by atoms with E-state index in [1.54, 1.807) is 36.1 Å². The van der Waals surface area contributed by atoms with Crippen LogP contribution in [-0.4, -0.2) is 55.1 Å². The van der Waals surface area contributed by atoms with Crippen LogP contribution in [0.15, 0.2) is 29.4 Å². The molecule has 0 atom stereocenters. The Kier molecular flexibility index (Phi) is 6.94. The van der Waals surface area contributed by atoms with Crippen molar-refractivity contribution >= 4 is 23.9 Å². The van der Waals surface area contributed by atoms with Crippen molar-refractivity contribution in [1.29, 1.82) is 0 Å². The van der Waals surface area contributed by atoms with Gasteiger partial charge in [-0.25, -0.2) is 5.43 Å². The van der Waals surface area contributed by atoms with Gasteiger partial charge in [-0.05, 0) is 37.5 Å². The number of nitrogens with zero attached hydrogens (tertiary/aromatic N) is 2. The minimum atomic E-state index is -0.832. The van der Waals surface area contributed by atoms with Gasteiger partial charge in [-0.1, -0.05) is 12.1 Å². The molecule has 0 unspecified atom stereocenters. The van der Waals surface area contributed by atoms with E-state index in [4.69, 9.17) is 4.74 Å². The normalized spacial score (nSPS) is 13.7. The summed E-state index contributed by atoms with van der Waals surface area (Å²) in [6, 6.07) is 6.94. The molecule has 25 heavy (non-hydrogen) atoms. The Balaban J connectivity index is 1.83. The van der Waals surface area contributed by atoms with E-state index in [1.165, 1.54) is 6.21 Å². The van der Waals surface area contributed by atoms with E-state index in [2.05, 4.69) is 15.8 Å². The number of amides is 3. The van der Waals surface area contributed by atoms with E-state index >= 15 is 0 Å². The predicted octanol–water partition coefficient (Wildman–Crippen LogP) is 0.274. The summed E-state index contributed by atoms with van der Waals surface area (Å²) in [7, 11) is 0. The molecule has 2 rings (SSSR count). The van der Waals surface area contributed by atoms with E-state index in [-0.39, 0.29) is 12.5 Å². The number of nitrogens with one attached hydrogen (secondary N) is 2. The monoisotopic (exact) mass is 346 g/mol. The van der Waals surface area contributed by atoms with Crippen molar-refractivity contribution in [3.8, 4) is 5.75 Å². The van der Waals surface area contributed by atoms with E-state index in [9.17, 15) is 14.4 Å². The molecule has 0 bridgehead atoms. The largest absolute Gasteiger partial charge is 0.484 e. The fourth-order valence-electron chi connectivity index (χ4n) is 2.34. The number of hydrazone groups is 1. The van der Waals surface area contributed by atoms with Crippen LogP contribution in [0, 0.1) is 0 Å². The first-order valence-corrected chi connectivity index (χ1v) is 8.22. The molecule has 8 heteroatoms. The molecule has 1 aromatic carbocycles. The minimum Gasteiger partial charge on any atom is -0.484 e. The van der Waals surface area contributed by atoms with Crippen LogP contribution in [0.1, 0.15) is 25.3 Å². The maximum Gasteiger partial charge on any atom is 0.329 e. The lowest BCUT2D eigenvalue weighted by molar-refractivity contribution is -0.139. The van der Waals surface area contributed by atoms with Crippen molar-refractivity contribution in [3.63, 3.8) is 0 Å². The van der Waals surface area contributed by atoms with Crippen molar-refractivity contribution in [2.45, 2.75) is 19.8 Å². The molecule has 0 saturated carbocycles. The Morgan fingerprint density at radius 3 is 2.72 bits per heavy atom. The Morgan fingerprint density at radius 1 is 1.24 bits per heavy atom. The van der Waals surface area contributed by atoms with E-state index < -0.39 is 11.8 Å². The molecule has 0 aliphatic carbocycles. The van der Waals surface area contributed by atoms with Gasteiger partial charge in [0, 0.05) is 19.6 Å². The van der Waals surface area contributed by atoms with Crippen LogP contribution < -0.4 is 15.5 Å². The Bertz CT molecular complexity index is 654. The summed E-state index contributed by atoms with van der Waals surface area (Å²) < 4.78 is 5.51. The number of hydrogen-bond donors (Lipinski definition) is 2. The topological polar surface area (TPSA) is 100 Å². The first-order valence-electron chi connectivity index (χ1n) is 8.22. The minimum absolute atomic E-state index is 0.00544. The van der Waals surface area contributed by atoms with Crippen LogP contribution in [0.2, 0.25) is 0 Å². The molecule has 0 aromatic heterocycles. The van der Waals surface area contributed by atoms with Gasteiger partial charge in [-0.2, -0.15) is 5.10 Å². The zero-order chi connectivity index (χ0) is 18.1. The van der Waals surface area contributed by atoms with Gasteiger partial charge in [0.1, 0.15) is 5.75 Å². The molecule has 2 N–H and O–H groups in total. The van der Waals surface area contributed by atoms with Gasteiger partial charge < -0.3 is 15.0 Å². The lowest BCUT2D eigenvalue weighted by Crippen LogP contribution is -2.37. The van der Waals surface area contributed by atoms with Crippen LogP contribution in [-0.2, 0) is 14.4 Å². The fraction of sp³-hybridized carbons (Fsp3) is 0.412. The van der Waals surface area contributed by atoms with E-state index in [1.807, 2.05) is 0 Å². The lowest BCUT2D eigenvalue weighted by atomic mass is 10.2. The number of ether oxygens (including phenoxy) is 1. The van der Waals surface area contributed by atoms with Gasteiger partial charge in [0.25, 0.3) is 5.91 Å². The van der Waals surface area contributed by atoms with E-state index in [0.717, 1.165) is 25.9 Å². The average Bonchev–Trinajstić information content (AvgIpc) is 3.15. The van der Waals surface area contributed by atoms with Crippen LogP contribution in [0.3, 0.4) is 0 Å². The summed E-state index contributed by atoms with van der Waals surface area (Å²) in [5.41, 5.74) is 2.81. The van der Waals surface area contributed by atoms with Crippen molar-refractivity contribution in [3.05, 3.63) is 29.8 Å². The Morgan fingerprint density at radius 2 is 2.00 bits per heavy atom.